The van der Waals surface area contributed by atoms with Gasteiger partial charge in [0.2, 0.25) is 5.78 Å². The maximum absolute atomic E-state index is 12.7. The van der Waals surface area contributed by atoms with Crippen LogP contribution >= 0.6 is 15.9 Å². The lowest BCUT2D eigenvalue weighted by Gasteiger charge is -2.08. The molecule has 0 spiro atoms. The van der Waals surface area contributed by atoms with Gasteiger partial charge in [0.05, 0.1) is 17.3 Å². The molecular formula is C16H19BrN2O2. The molecule has 1 heterocycles. The van der Waals surface area contributed by atoms with E-state index in [-0.39, 0.29) is 5.78 Å². The number of rotatable bonds is 7. The fraction of sp³-hybridized carbons (Fsp3) is 0.375. The van der Waals surface area contributed by atoms with Gasteiger partial charge in [0.25, 0.3) is 0 Å². The summed E-state index contributed by atoms with van der Waals surface area (Å²) in [7, 11) is 0. The second-order valence-electron chi connectivity index (χ2n) is 4.77. The van der Waals surface area contributed by atoms with E-state index >= 15 is 0 Å². The molecule has 0 saturated carbocycles. The van der Waals surface area contributed by atoms with Crippen LogP contribution in [0.3, 0.4) is 0 Å². The minimum absolute atomic E-state index is 0.0465. The summed E-state index contributed by atoms with van der Waals surface area (Å²) in [5.74, 6) is 0.676. The van der Waals surface area contributed by atoms with Crippen LogP contribution in [-0.2, 0) is 6.54 Å². The normalized spacial score (nSPS) is 10.6. The third kappa shape index (κ3) is 3.73. The highest BCUT2D eigenvalue weighted by Crippen LogP contribution is 2.22. The fourth-order valence-electron chi connectivity index (χ4n) is 2.05. The average Bonchev–Trinajstić information content (AvgIpc) is 2.86. The maximum Gasteiger partial charge on any atom is 0.212 e. The summed E-state index contributed by atoms with van der Waals surface area (Å²) in [6, 6.07) is 7.29. The van der Waals surface area contributed by atoms with Crippen LogP contribution < -0.4 is 4.74 Å². The predicted octanol–water partition coefficient (Wildman–Crippen LogP) is 4.08. The molecule has 1 aromatic carbocycles. The van der Waals surface area contributed by atoms with Crippen molar-refractivity contribution in [1.82, 2.24) is 9.78 Å². The Balaban J connectivity index is 2.29. The van der Waals surface area contributed by atoms with E-state index in [9.17, 15) is 4.79 Å². The molecule has 2 rings (SSSR count). The van der Waals surface area contributed by atoms with Gasteiger partial charge in [-0.25, -0.2) is 0 Å². The summed E-state index contributed by atoms with van der Waals surface area (Å²) in [6.07, 6.45) is 3.53. The zero-order valence-corrected chi connectivity index (χ0v) is 13.9. The number of benzene rings is 1. The molecule has 0 aliphatic carbocycles. The number of aryl methyl sites for hydroxylation is 1. The van der Waals surface area contributed by atoms with Crippen LogP contribution in [0.15, 0.2) is 34.9 Å². The largest absolute Gasteiger partial charge is 0.494 e. The third-order valence-electron chi connectivity index (χ3n) is 3.01. The van der Waals surface area contributed by atoms with Gasteiger partial charge in [0.1, 0.15) is 11.4 Å². The van der Waals surface area contributed by atoms with Gasteiger partial charge < -0.3 is 4.74 Å². The van der Waals surface area contributed by atoms with Crippen LogP contribution in [0.2, 0.25) is 0 Å². The number of hydrogen-bond donors (Lipinski definition) is 0. The van der Waals surface area contributed by atoms with Crippen LogP contribution in [0.25, 0.3) is 0 Å². The summed E-state index contributed by atoms with van der Waals surface area (Å²) >= 11 is 3.41. The molecule has 5 heteroatoms. The van der Waals surface area contributed by atoms with Crippen molar-refractivity contribution in [3.05, 3.63) is 46.2 Å². The van der Waals surface area contributed by atoms with Gasteiger partial charge >= 0.3 is 0 Å². The summed E-state index contributed by atoms with van der Waals surface area (Å²) in [4.78, 5) is 12.7. The Morgan fingerprint density at radius 2 is 2.14 bits per heavy atom. The predicted molar refractivity (Wildman–Crippen MR) is 85.9 cm³/mol. The van der Waals surface area contributed by atoms with Crippen LogP contribution in [0, 0.1) is 0 Å². The van der Waals surface area contributed by atoms with E-state index in [1.54, 1.807) is 23.0 Å². The molecule has 0 aliphatic heterocycles. The number of carbonyl (C=O) groups excluding carboxylic acids is 1. The number of aromatic nitrogens is 2. The second kappa shape index (κ2) is 7.41. The number of nitrogens with zero attached hydrogens (tertiary/aromatic N) is 2. The molecule has 1 aromatic heterocycles. The Bertz CT molecular complexity index is 622. The van der Waals surface area contributed by atoms with Crippen molar-refractivity contribution in [3.63, 3.8) is 0 Å². The average molecular weight is 351 g/mol. The highest BCUT2D eigenvalue weighted by atomic mass is 79.9. The molecular weight excluding hydrogens is 332 g/mol. The molecule has 0 saturated heterocycles. The number of ketones is 1. The third-order valence-corrected chi connectivity index (χ3v) is 3.59. The van der Waals surface area contributed by atoms with E-state index in [0.29, 0.717) is 17.9 Å². The fourth-order valence-corrected chi connectivity index (χ4v) is 2.53. The lowest BCUT2D eigenvalue weighted by molar-refractivity contribution is 0.102. The molecule has 0 radical (unpaired) electrons. The Morgan fingerprint density at radius 1 is 1.33 bits per heavy atom. The van der Waals surface area contributed by atoms with E-state index in [1.807, 2.05) is 12.1 Å². The smallest absolute Gasteiger partial charge is 0.212 e. The van der Waals surface area contributed by atoms with Crippen molar-refractivity contribution in [3.8, 4) is 5.75 Å². The van der Waals surface area contributed by atoms with Crippen LogP contribution in [-0.4, -0.2) is 22.2 Å². The molecule has 0 N–H and O–H groups in total. The van der Waals surface area contributed by atoms with Gasteiger partial charge in [-0.1, -0.05) is 26.0 Å². The van der Waals surface area contributed by atoms with Gasteiger partial charge in [-0.2, -0.15) is 5.10 Å². The zero-order chi connectivity index (χ0) is 15.2. The first kappa shape index (κ1) is 15.8. The van der Waals surface area contributed by atoms with Gasteiger partial charge in [-0.3, -0.25) is 9.48 Å². The van der Waals surface area contributed by atoms with E-state index < -0.39 is 0 Å². The Hall–Kier alpha value is -1.62. The molecule has 0 atom stereocenters. The van der Waals surface area contributed by atoms with E-state index in [0.717, 1.165) is 29.6 Å². The Labute approximate surface area is 133 Å². The number of ether oxygens (including phenoxy) is 1. The minimum atomic E-state index is -0.0465. The van der Waals surface area contributed by atoms with E-state index in [1.165, 1.54) is 0 Å². The summed E-state index contributed by atoms with van der Waals surface area (Å²) < 4.78 is 8.05. The quantitative estimate of drug-likeness (QED) is 0.706. The van der Waals surface area contributed by atoms with Crippen molar-refractivity contribution in [1.29, 1.82) is 0 Å². The number of carbonyl (C=O) groups is 1. The maximum atomic E-state index is 12.7. The van der Waals surface area contributed by atoms with Gasteiger partial charge in [-0.15, -0.1) is 0 Å². The summed E-state index contributed by atoms with van der Waals surface area (Å²) in [6.45, 7) is 5.48. The van der Waals surface area contributed by atoms with Crippen LogP contribution in [0.1, 0.15) is 42.7 Å². The molecule has 2 aromatic rings. The highest BCUT2D eigenvalue weighted by molar-refractivity contribution is 9.10. The zero-order valence-electron chi connectivity index (χ0n) is 12.3. The minimum Gasteiger partial charge on any atom is -0.494 e. The van der Waals surface area contributed by atoms with E-state index in [2.05, 4.69) is 34.9 Å². The molecule has 0 aliphatic rings. The first-order valence-corrected chi connectivity index (χ1v) is 7.95. The highest BCUT2D eigenvalue weighted by Gasteiger charge is 2.19. The second-order valence-corrected chi connectivity index (χ2v) is 5.62. The van der Waals surface area contributed by atoms with E-state index in [4.69, 9.17) is 4.74 Å². The Morgan fingerprint density at radius 3 is 2.86 bits per heavy atom. The van der Waals surface area contributed by atoms with Gasteiger partial charge in [0, 0.05) is 12.1 Å². The molecule has 0 fully saturated rings. The topological polar surface area (TPSA) is 44.1 Å². The lowest BCUT2D eigenvalue weighted by atomic mass is 10.1. The lowest BCUT2D eigenvalue weighted by Crippen LogP contribution is -2.12. The number of hydrogen-bond acceptors (Lipinski definition) is 3. The van der Waals surface area contributed by atoms with Crippen LogP contribution in [0.4, 0.5) is 0 Å². The summed E-state index contributed by atoms with van der Waals surface area (Å²) in [5.41, 5.74) is 1.20. The molecule has 112 valence electrons. The SMILES string of the molecule is CCCOc1cccc(C(=O)c2c(Br)cnn2CCC)c1. The monoisotopic (exact) mass is 350 g/mol. The van der Waals surface area contributed by atoms with Gasteiger partial charge in [0.15, 0.2) is 0 Å². The summed E-state index contributed by atoms with van der Waals surface area (Å²) in [5, 5.41) is 4.24. The molecule has 0 unspecified atom stereocenters. The van der Waals surface area contributed by atoms with Crippen molar-refractivity contribution < 1.29 is 9.53 Å². The first-order valence-electron chi connectivity index (χ1n) is 7.16. The molecule has 4 nitrogen and oxygen atoms in total. The molecule has 0 bridgehead atoms. The molecule has 21 heavy (non-hydrogen) atoms. The first-order chi connectivity index (χ1) is 10.2. The van der Waals surface area contributed by atoms with Crippen molar-refractivity contribution >= 4 is 21.7 Å². The standard InChI is InChI=1S/C16H19BrN2O2/c1-3-8-19-15(14(17)11-18-19)16(20)12-6-5-7-13(10-12)21-9-4-2/h5-7,10-11H,3-4,8-9H2,1-2H3. The van der Waals surface area contributed by atoms with Crippen LogP contribution in [0.5, 0.6) is 5.75 Å². The Kier molecular flexibility index (Phi) is 5.56. The van der Waals surface area contributed by atoms with Crippen molar-refractivity contribution in [2.75, 3.05) is 6.61 Å². The number of halogens is 1. The van der Waals surface area contributed by atoms with Gasteiger partial charge in [-0.05, 0) is 40.9 Å². The van der Waals surface area contributed by atoms with Crippen molar-refractivity contribution in [2.45, 2.75) is 33.2 Å². The molecule has 0 amide bonds. The van der Waals surface area contributed by atoms with Crippen molar-refractivity contribution in [2.24, 2.45) is 0 Å².